The predicted molar refractivity (Wildman–Crippen MR) is 126 cm³/mol. The predicted octanol–water partition coefficient (Wildman–Crippen LogP) is 4.85. The van der Waals surface area contributed by atoms with E-state index in [9.17, 15) is 15.0 Å². The molecule has 1 aromatic heterocycles. The Morgan fingerprint density at radius 1 is 1.03 bits per heavy atom. The molecule has 33 heavy (non-hydrogen) atoms. The molecule has 4 rings (SSSR count). The van der Waals surface area contributed by atoms with Gasteiger partial charge in [-0.15, -0.1) is 10.2 Å². The average Bonchev–Trinajstić information content (AvgIpc) is 3.26. The number of ketones is 1. The van der Waals surface area contributed by atoms with Crippen LogP contribution in [0.5, 0.6) is 23.0 Å². The summed E-state index contributed by atoms with van der Waals surface area (Å²) in [6.45, 7) is 0. The summed E-state index contributed by atoms with van der Waals surface area (Å²) in [5.41, 5.74) is 1.03. The zero-order valence-electron chi connectivity index (χ0n) is 18.7. The summed E-state index contributed by atoms with van der Waals surface area (Å²) >= 11 is 1.30. The van der Waals surface area contributed by atoms with Crippen molar-refractivity contribution in [3.05, 3.63) is 42.0 Å². The Morgan fingerprint density at radius 3 is 2.48 bits per heavy atom. The molecule has 2 N–H and O–H groups in total. The minimum absolute atomic E-state index is 0.0895. The Morgan fingerprint density at radius 2 is 1.79 bits per heavy atom. The van der Waals surface area contributed by atoms with Crippen molar-refractivity contribution in [2.24, 2.45) is 0 Å². The van der Waals surface area contributed by atoms with Gasteiger partial charge in [0.25, 0.3) is 0 Å². The van der Waals surface area contributed by atoms with Crippen molar-refractivity contribution in [1.29, 1.82) is 0 Å². The highest BCUT2D eigenvalue weighted by Gasteiger charge is 2.25. The molecule has 174 valence electrons. The van der Waals surface area contributed by atoms with Crippen molar-refractivity contribution < 1.29 is 24.5 Å². The quantitative estimate of drug-likeness (QED) is 0.356. The number of phenols is 2. The van der Waals surface area contributed by atoms with Crippen LogP contribution in [0.1, 0.15) is 48.5 Å². The van der Waals surface area contributed by atoms with E-state index in [2.05, 4.69) is 14.8 Å². The van der Waals surface area contributed by atoms with Crippen LogP contribution < -0.4 is 9.47 Å². The number of rotatable bonds is 8. The summed E-state index contributed by atoms with van der Waals surface area (Å²) in [5, 5.41) is 29.0. The maximum Gasteiger partial charge on any atom is 0.192 e. The van der Waals surface area contributed by atoms with Crippen LogP contribution in [0.2, 0.25) is 0 Å². The lowest BCUT2D eigenvalue weighted by atomic mass is 9.95. The molecule has 1 aliphatic carbocycles. The largest absolute Gasteiger partial charge is 0.508 e. The van der Waals surface area contributed by atoms with E-state index >= 15 is 0 Å². The molecule has 0 spiro atoms. The summed E-state index contributed by atoms with van der Waals surface area (Å²) < 4.78 is 13.0. The normalized spacial score (nSPS) is 14.2. The lowest BCUT2D eigenvalue weighted by Gasteiger charge is -2.25. The molecule has 0 unspecified atom stereocenters. The van der Waals surface area contributed by atoms with Gasteiger partial charge in [-0.3, -0.25) is 9.36 Å². The Balaban J connectivity index is 1.64. The number of hydrogen-bond donors (Lipinski definition) is 2. The van der Waals surface area contributed by atoms with Crippen LogP contribution in [0.25, 0.3) is 11.4 Å². The molecule has 1 fully saturated rings. The van der Waals surface area contributed by atoms with E-state index in [0.29, 0.717) is 16.7 Å². The standard InChI is InChI=1S/C24H27N3O5S/c1-31-21-11-8-15(12-22(21)32-2)23-25-26-24(27(23)16-6-4-3-5-7-16)33-14-20(30)18-10-9-17(28)13-19(18)29/h8-13,16,28-29H,3-7,14H2,1-2H3. The number of nitrogens with zero attached hydrogens (tertiary/aromatic N) is 3. The van der Waals surface area contributed by atoms with Crippen LogP contribution in [0.3, 0.4) is 0 Å². The number of thioether (sulfide) groups is 1. The number of aromatic nitrogens is 3. The molecule has 0 atom stereocenters. The first kappa shape index (κ1) is 23.0. The highest BCUT2D eigenvalue weighted by atomic mass is 32.2. The number of benzene rings is 2. The smallest absolute Gasteiger partial charge is 0.192 e. The molecule has 2 aromatic carbocycles. The van der Waals surface area contributed by atoms with Gasteiger partial charge in [-0.25, -0.2) is 0 Å². The molecule has 1 saturated carbocycles. The molecule has 1 aliphatic rings. The zero-order chi connectivity index (χ0) is 23.4. The summed E-state index contributed by atoms with van der Waals surface area (Å²) in [5.74, 6) is 1.50. The molecular weight excluding hydrogens is 442 g/mol. The van der Waals surface area contributed by atoms with Crippen LogP contribution in [0, 0.1) is 0 Å². The second-order valence-corrected chi connectivity index (χ2v) is 8.89. The molecule has 1 heterocycles. The summed E-state index contributed by atoms with van der Waals surface area (Å²) in [6.07, 6.45) is 5.54. The highest BCUT2D eigenvalue weighted by Crippen LogP contribution is 2.38. The van der Waals surface area contributed by atoms with Crippen molar-refractivity contribution in [1.82, 2.24) is 14.8 Å². The number of phenolic OH excluding ortho intramolecular Hbond substituents is 2. The summed E-state index contributed by atoms with van der Waals surface area (Å²) in [6, 6.07) is 9.88. The molecule has 3 aromatic rings. The minimum atomic E-state index is -0.247. The monoisotopic (exact) mass is 469 g/mol. The van der Waals surface area contributed by atoms with Crippen molar-refractivity contribution in [2.75, 3.05) is 20.0 Å². The Bertz CT molecular complexity index is 1140. The Hall–Kier alpha value is -3.20. The maximum atomic E-state index is 12.7. The number of ether oxygens (including phenoxy) is 2. The highest BCUT2D eigenvalue weighted by molar-refractivity contribution is 7.99. The van der Waals surface area contributed by atoms with Crippen LogP contribution in [0.4, 0.5) is 0 Å². The van der Waals surface area contributed by atoms with Gasteiger partial charge in [0.15, 0.2) is 28.3 Å². The number of Topliss-reactive ketones (excluding diaryl/α,β-unsaturated/α-hetero) is 1. The van der Waals surface area contributed by atoms with E-state index in [0.717, 1.165) is 43.1 Å². The third-order valence-electron chi connectivity index (χ3n) is 5.86. The topological polar surface area (TPSA) is 107 Å². The van der Waals surface area contributed by atoms with Crippen molar-refractivity contribution >= 4 is 17.5 Å². The fraction of sp³-hybridized carbons (Fsp3) is 0.375. The van der Waals surface area contributed by atoms with E-state index in [-0.39, 0.29) is 34.6 Å². The van der Waals surface area contributed by atoms with Crippen molar-refractivity contribution in [3.63, 3.8) is 0 Å². The van der Waals surface area contributed by atoms with Gasteiger partial charge in [0, 0.05) is 17.7 Å². The van der Waals surface area contributed by atoms with Gasteiger partial charge in [-0.1, -0.05) is 31.0 Å². The van der Waals surface area contributed by atoms with Gasteiger partial charge in [-0.05, 0) is 43.2 Å². The molecule has 0 saturated heterocycles. The molecule has 0 bridgehead atoms. The zero-order valence-corrected chi connectivity index (χ0v) is 19.5. The van der Waals surface area contributed by atoms with E-state index in [1.165, 1.54) is 30.3 Å². The average molecular weight is 470 g/mol. The molecule has 0 radical (unpaired) electrons. The number of carbonyl (C=O) groups excluding carboxylic acids is 1. The van der Waals surface area contributed by atoms with Crippen molar-refractivity contribution in [3.8, 4) is 34.4 Å². The maximum absolute atomic E-state index is 12.7. The second kappa shape index (κ2) is 10.2. The van der Waals surface area contributed by atoms with Crippen LogP contribution in [0.15, 0.2) is 41.6 Å². The first-order chi connectivity index (χ1) is 16.0. The van der Waals surface area contributed by atoms with Gasteiger partial charge in [0.2, 0.25) is 0 Å². The van der Waals surface area contributed by atoms with Gasteiger partial charge in [0.1, 0.15) is 11.5 Å². The van der Waals surface area contributed by atoms with Crippen molar-refractivity contribution in [2.45, 2.75) is 43.3 Å². The molecule has 9 heteroatoms. The fourth-order valence-electron chi connectivity index (χ4n) is 4.18. The summed E-state index contributed by atoms with van der Waals surface area (Å²) in [4.78, 5) is 12.7. The first-order valence-electron chi connectivity index (χ1n) is 10.9. The number of carbonyl (C=O) groups is 1. The summed E-state index contributed by atoms with van der Waals surface area (Å²) in [7, 11) is 3.19. The van der Waals surface area contributed by atoms with Gasteiger partial charge in [0.05, 0.1) is 25.5 Å². The second-order valence-electron chi connectivity index (χ2n) is 7.95. The van der Waals surface area contributed by atoms with Gasteiger partial charge >= 0.3 is 0 Å². The number of aromatic hydroxyl groups is 2. The number of methoxy groups -OCH3 is 2. The van der Waals surface area contributed by atoms with Crippen LogP contribution in [-0.2, 0) is 0 Å². The van der Waals surface area contributed by atoms with Gasteiger partial charge in [-0.2, -0.15) is 0 Å². The molecular formula is C24H27N3O5S. The Labute approximate surface area is 196 Å². The Kier molecular flexibility index (Phi) is 7.08. The first-order valence-corrected chi connectivity index (χ1v) is 11.9. The third-order valence-corrected chi connectivity index (χ3v) is 6.80. The van der Waals surface area contributed by atoms with Crippen LogP contribution in [-0.4, -0.2) is 50.7 Å². The minimum Gasteiger partial charge on any atom is -0.508 e. The molecule has 0 amide bonds. The molecule has 0 aliphatic heterocycles. The number of hydrogen-bond acceptors (Lipinski definition) is 8. The lowest BCUT2D eigenvalue weighted by molar-refractivity contribution is 0.102. The van der Waals surface area contributed by atoms with E-state index in [1.54, 1.807) is 14.2 Å². The van der Waals surface area contributed by atoms with E-state index in [4.69, 9.17) is 9.47 Å². The van der Waals surface area contributed by atoms with Gasteiger partial charge < -0.3 is 19.7 Å². The molecule has 8 nitrogen and oxygen atoms in total. The third kappa shape index (κ3) is 4.93. The van der Waals surface area contributed by atoms with Crippen LogP contribution >= 0.6 is 11.8 Å². The lowest BCUT2D eigenvalue weighted by Crippen LogP contribution is -2.15. The van der Waals surface area contributed by atoms with E-state index in [1.807, 2.05) is 18.2 Å². The van der Waals surface area contributed by atoms with E-state index < -0.39 is 0 Å². The fourth-order valence-corrected chi connectivity index (χ4v) is 5.07. The SMILES string of the molecule is COc1ccc(-c2nnc(SCC(=O)c3ccc(O)cc3O)n2C2CCCCC2)cc1OC.